The SMILES string of the molecule is CNC(=O)C[C@H]1CC[C@H]2[C@H](COc3ccc(NC(=O)c4ccc5c(c4)OCO5)cc3C(=O)N2C)O1. The molecule has 1 saturated heterocycles. The molecule has 1 fully saturated rings. The van der Waals surface area contributed by atoms with Crippen LogP contribution in [0.4, 0.5) is 5.69 Å². The Morgan fingerprint density at radius 3 is 2.66 bits per heavy atom. The molecule has 3 atom stereocenters. The zero-order chi connectivity index (χ0) is 24.5. The molecule has 3 aliphatic rings. The average molecular weight is 482 g/mol. The molecule has 3 aliphatic heterocycles. The second kappa shape index (κ2) is 9.46. The fraction of sp³-hybridized carbons (Fsp3) is 0.400. The number of benzene rings is 2. The van der Waals surface area contributed by atoms with Crippen LogP contribution < -0.4 is 24.8 Å². The van der Waals surface area contributed by atoms with Crippen LogP contribution in [0.5, 0.6) is 17.2 Å². The Hall–Kier alpha value is -3.79. The largest absolute Gasteiger partial charge is 0.490 e. The van der Waals surface area contributed by atoms with Crippen molar-refractivity contribution in [3.05, 3.63) is 47.5 Å². The lowest BCUT2D eigenvalue weighted by Gasteiger charge is -2.42. The summed E-state index contributed by atoms with van der Waals surface area (Å²) in [5.74, 6) is 0.894. The van der Waals surface area contributed by atoms with Crippen LogP contribution in [0.1, 0.15) is 40.0 Å². The predicted molar refractivity (Wildman–Crippen MR) is 125 cm³/mol. The minimum atomic E-state index is -0.342. The molecule has 35 heavy (non-hydrogen) atoms. The van der Waals surface area contributed by atoms with Gasteiger partial charge < -0.3 is 34.5 Å². The summed E-state index contributed by atoms with van der Waals surface area (Å²) >= 11 is 0. The van der Waals surface area contributed by atoms with Gasteiger partial charge in [0, 0.05) is 25.3 Å². The van der Waals surface area contributed by atoms with E-state index in [1.807, 2.05) is 0 Å². The molecule has 3 amide bonds. The van der Waals surface area contributed by atoms with E-state index in [4.69, 9.17) is 18.9 Å². The first-order valence-corrected chi connectivity index (χ1v) is 11.5. The number of hydrogen-bond donors (Lipinski definition) is 2. The highest BCUT2D eigenvalue weighted by Crippen LogP contribution is 2.34. The van der Waals surface area contributed by atoms with E-state index >= 15 is 0 Å². The van der Waals surface area contributed by atoms with Gasteiger partial charge in [-0.2, -0.15) is 0 Å². The van der Waals surface area contributed by atoms with Crippen molar-refractivity contribution in [3.63, 3.8) is 0 Å². The summed E-state index contributed by atoms with van der Waals surface area (Å²) in [5, 5.41) is 5.45. The van der Waals surface area contributed by atoms with Gasteiger partial charge in [0.05, 0.1) is 24.1 Å². The number of amides is 3. The van der Waals surface area contributed by atoms with Gasteiger partial charge >= 0.3 is 0 Å². The highest BCUT2D eigenvalue weighted by molar-refractivity contribution is 6.06. The van der Waals surface area contributed by atoms with Crippen molar-refractivity contribution < 1.29 is 33.3 Å². The third-order valence-electron chi connectivity index (χ3n) is 6.60. The third-order valence-corrected chi connectivity index (χ3v) is 6.60. The first kappa shape index (κ1) is 23.0. The Balaban J connectivity index is 1.32. The Bertz CT molecular complexity index is 1170. The molecule has 5 rings (SSSR count). The van der Waals surface area contributed by atoms with E-state index in [1.54, 1.807) is 55.4 Å². The summed E-state index contributed by atoms with van der Waals surface area (Å²) < 4.78 is 22.7. The van der Waals surface area contributed by atoms with Crippen molar-refractivity contribution in [2.24, 2.45) is 0 Å². The number of nitrogens with one attached hydrogen (secondary N) is 2. The maximum absolute atomic E-state index is 13.4. The van der Waals surface area contributed by atoms with Crippen molar-refractivity contribution in [3.8, 4) is 17.2 Å². The van der Waals surface area contributed by atoms with E-state index < -0.39 is 0 Å². The monoisotopic (exact) mass is 481 g/mol. The average Bonchev–Trinajstić information content (AvgIpc) is 3.34. The van der Waals surface area contributed by atoms with Gasteiger partial charge in [-0.3, -0.25) is 14.4 Å². The third kappa shape index (κ3) is 4.61. The van der Waals surface area contributed by atoms with E-state index in [2.05, 4.69) is 10.6 Å². The van der Waals surface area contributed by atoms with E-state index in [-0.39, 0.29) is 55.8 Å². The molecule has 0 unspecified atom stereocenters. The molecular formula is C25H27N3O7. The molecular weight excluding hydrogens is 454 g/mol. The first-order valence-electron chi connectivity index (χ1n) is 11.5. The molecule has 2 aromatic rings. The molecule has 0 aliphatic carbocycles. The Labute approximate surface area is 202 Å². The second-order valence-corrected chi connectivity index (χ2v) is 8.78. The van der Waals surface area contributed by atoms with Crippen molar-refractivity contribution in [1.82, 2.24) is 10.2 Å². The number of carbonyl (C=O) groups excluding carboxylic acids is 3. The summed E-state index contributed by atoms with van der Waals surface area (Å²) in [4.78, 5) is 39.6. The van der Waals surface area contributed by atoms with Crippen LogP contribution in [0.2, 0.25) is 0 Å². The molecule has 2 aromatic carbocycles. The summed E-state index contributed by atoms with van der Waals surface area (Å²) in [6.07, 6.45) is 1.10. The molecule has 0 saturated carbocycles. The highest BCUT2D eigenvalue weighted by atomic mass is 16.7. The van der Waals surface area contributed by atoms with Gasteiger partial charge in [0.1, 0.15) is 18.5 Å². The molecule has 0 bridgehead atoms. The summed E-state index contributed by atoms with van der Waals surface area (Å²) in [5.41, 5.74) is 1.25. The van der Waals surface area contributed by atoms with Crippen molar-refractivity contribution in [2.45, 2.75) is 37.5 Å². The van der Waals surface area contributed by atoms with Crippen LogP contribution in [0.3, 0.4) is 0 Å². The summed E-state index contributed by atoms with van der Waals surface area (Å²) in [6.45, 7) is 0.380. The number of ether oxygens (including phenoxy) is 4. The zero-order valence-corrected chi connectivity index (χ0v) is 19.5. The number of hydrogen-bond acceptors (Lipinski definition) is 7. The van der Waals surface area contributed by atoms with Crippen molar-refractivity contribution in [2.75, 3.05) is 32.8 Å². The molecule has 0 aromatic heterocycles. The van der Waals surface area contributed by atoms with Crippen LogP contribution in [-0.2, 0) is 9.53 Å². The topological polar surface area (TPSA) is 115 Å². The number of fused-ring (bicyclic) bond motifs is 3. The van der Waals surface area contributed by atoms with Gasteiger partial charge in [-0.25, -0.2) is 0 Å². The van der Waals surface area contributed by atoms with E-state index in [9.17, 15) is 14.4 Å². The quantitative estimate of drug-likeness (QED) is 0.688. The minimum absolute atomic E-state index is 0.0784. The Morgan fingerprint density at radius 2 is 1.83 bits per heavy atom. The van der Waals surface area contributed by atoms with Crippen LogP contribution in [0.15, 0.2) is 36.4 Å². The van der Waals surface area contributed by atoms with E-state index in [1.165, 1.54) is 0 Å². The van der Waals surface area contributed by atoms with Crippen molar-refractivity contribution in [1.29, 1.82) is 0 Å². The fourth-order valence-electron chi connectivity index (χ4n) is 4.66. The van der Waals surface area contributed by atoms with Crippen LogP contribution in [0, 0.1) is 0 Å². The predicted octanol–water partition coefficient (Wildman–Crippen LogP) is 2.18. The Kier molecular flexibility index (Phi) is 6.21. The number of carbonyl (C=O) groups is 3. The molecule has 0 radical (unpaired) electrons. The Morgan fingerprint density at radius 1 is 1.03 bits per heavy atom. The number of likely N-dealkylation sites (N-methyl/N-ethyl adjacent to an activating group) is 1. The first-order chi connectivity index (χ1) is 16.9. The number of anilines is 1. The lowest BCUT2D eigenvalue weighted by atomic mass is 9.94. The number of nitrogens with zero attached hydrogens (tertiary/aromatic N) is 1. The molecule has 2 N–H and O–H groups in total. The van der Waals surface area contributed by atoms with Crippen LogP contribution >= 0.6 is 0 Å². The van der Waals surface area contributed by atoms with Gasteiger partial charge in [0.15, 0.2) is 11.5 Å². The van der Waals surface area contributed by atoms with Gasteiger partial charge in [-0.15, -0.1) is 0 Å². The zero-order valence-electron chi connectivity index (χ0n) is 19.5. The van der Waals surface area contributed by atoms with Crippen molar-refractivity contribution >= 4 is 23.4 Å². The van der Waals surface area contributed by atoms with Gasteiger partial charge in [0.2, 0.25) is 12.7 Å². The second-order valence-electron chi connectivity index (χ2n) is 8.78. The minimum Gasteiger partial charge on any atom is -0.490 e. The molecule has 3 heterocycles. The molecule has 0 spiro atoms. The maximum atomic E-state index is 13.4. The normalized spacial score (nSPS) is 22.7. The fourth-order valence-corrected chi connectivity index (χ4v) is 4.66. The standard InChI is InChI=1S/C25H27N3O7/c1-26-23(29)11-16-5-6-18-22(35-16)12-32-19-8-4-15(10-17(19)25(31)28(18)2)27-24(30)14-3-7-20-21(9-14)34-13-33-20/h3-4,7-10,16,18,22H,5-6,11-13H2,1-2H3,(H,26,29)(H,27,30)/t16-,18+,22+/m1/s1. The smallest absolute Gasteiger partial charge is 0.257 e. The van der Waals surface area contributed by atoms with Gasteiger partial charge in [-0.1, -0.05) is 0 Å². The molecule has 184 valence electrons. The van der Waals surface area contributed by atoms with E-state index in [0.717, 1.165) is 0 Å². The highest BCUT2D eigenvalue weighted by Gasteiger charge is 2.39. The van der Waals surface area contributed by atoms with Gasteiger partial charge in [-0.05, 0) is 49.2 Å². The summed E-state index contributed by atoms with van der Waals surface area (Å²) in [7, 11) is 3.34. The van der Waals surface area contributed by atoms with Crippen LogP contribution in [0.25, 0.3) is 0 Å². The molecule has 10 heteroatoms. The number of rotatable bonds is 4. The van der Waals surface area contributed by atoms with Gasteiger partial charge in [0.25, 0.3) is 11.8 Å². The summed E-state index contributed by atoms with van der Waals surface area (Å²) in [6, 6.07) is 9.76. The van der Waals surface area contributed by atoms with E-state index in [0.29, 0.717) is 46.9 Å². The maximum Gasteiger partial charge on any atom is 0.257 e. The lowest BCUT2D eigenvalue weighted by Crippen LogP contribution is -2.53. The van der Waals surface area contributed by atoms with Crippen LogP contribution in [-0.4, -0.2) is 68.4 Å². The molecule has 10 nitrogen and oxygen atoms in total. The lowest BCUT2D eigenvalue weighted by molar-refractivity contribution is -0.133.